The molecule has 6 unspecified atom stereocenters. The first-order valence-electron chi connectivity index (χ1n) is 9.37. The molecule has 6 atom stereocenters. The fraction of sp³-hybridized carbons (Fsp3) is 0.778. The predicted molar refractivity (Wildman–Crippen MR) is 100.0 cm³/mol. The predicted octanol–water partition coefficient (Wildman–Crippen LogP) is 2.86. The maximum absolute atomic E-state index is 12.9. The Bertz CT molecular complexity index is 616. The number of allylic oxidation sites excluding steroid dienone is 1. The third-order valence-corrected chi connectivity index (χ3v) is 7.35. The first-order valence-corrected chi connectivity index (χ1v) is 10.7. The average molecular weight is 401 g/mol. The van der Waals surface area contributed by atoms with Crippen LogP contribution in [-0.2, 0) is 14.3 Å². The lowest BCUT2D eigenvalue weighted by molar-refractivity contribution is -0.130. The minimum Gasteiger partial charge on any atom is -0.450 e. The van der Waals surface area contributed by atoms with Crippen LogP contribution in [0.15, 0.2) is 11.6 Å². The van der Waals surface area contributed by atoms with E-state index in [0.717, 1.165) is 44.1 Å². The van der Waals surface area contributed by atoms with E-state index in [9.17, 15) is 9.59 Å². The third kappa shape index (κ3) is 3.63. The van der Waals surface area contributed by atoms with Crippen LogP contribution in [0.2, 0.25) is 0 Å². The van der Waals surface area contributed by atoms with E-state index in [-0.39, 0.29) is 46.0 Å². The van der Waals surface area contributed by atoms with Crippen molar-refractivity contribution in [1.82, 2.24) is 10.4 Å². The number of hydrogen-bond donors (Lipinski definition) is 1. The molecule has 2 saturated heterocycles. The third-order valence-electron chi connectivity index (χ3n) is 5.90. The largest absolute Gasteiger partial charge is 0.450 e. The zero-order valence-electron chi connectivity index (χ0n) is 14.9. The summed E-state index contributed by atoms with van der Waals surface area (Å²) < 4.78 is 11.0. The molecule has 0 spiro atoms. The molecule has 2 aliphatic heterocycles. The molecule has 4 aliphatic rings. The number of halogens is 1. The molecule has 4 fully saturated rings. The Kier molecular flexibility index (Phi) is 5.51. The number of nitrogens with zero attached hydrogens (tertiary/aromatic N) is 1. The molecule has 0 aromatic rings. The maximum atomic E-state index is 12.9. The number of alkyl halides is 1. The van der Waals surface area contributed by atoms with E-state index in [1.807, 2.05) is 0 Å². The lowest BCUT2D eigenvalue weighted by atomic mass is 9.83. The Balaban J connectivity index is 1.43. The van der Waals surface area contributed by atoms with Gasteiger partial charge in [-0.25, -0.2) is 10.2 Å². The molecule has 4 rings (SSSR count). The highest BCUT2D eigenvalue weighted by molar-refractivity contribution is 8.14. The minimum atomic E-state index is -0.215. The molecule has 144 valence electrons. The quantitative estimate of drug-likeness (QED) is 0.446. The molecule has 0 bridgehead atoms. The van der Waals surface area contributed by atoms with Gasteiger partial charge in [0.05, 0.1) is 17.4 Å². The van der Waals surface area contributed by atoms with E-state index < -0.39 is 0 Å². The number of hydrogen-bond acceptors (Lipinski definition) is 6. The lowest BCUT2D eigenvalue weighted by Crippen LogP contribution is -2.45. The minimum absolute atomic E-state index is 0.0725. The molecule has 0 aromatic carbocycles. The van der Waals surface area contributed by atoms with E-state index in [1.165, 1.54) is 11.8 Å². The first-order chi connectivity index (χ1) is 12.5. The molecule has 6 nitrogen and oxygen atoms in total. The van der Waals surface area contributed by atoms with E-state index in [1.54, 1.807) is 12.1 Å². The van der Waals surface area contributed by atoms with Crippen molar-refractivity contribution >= 4 is 34.6 Å². The summed E-state index contributed by atoms with van der Waals surface area (Å²) in [6.07, 6.45) is 7.38. The molecule has 2 heterocycles. The second-order valence-corrected chi connectivity index (χ2v) is 9.41. The fourth-order valence-corrected chi connectivity index (χ4v) is 6.10. The van der Waals surface area contributed by atoms with Crippen LogP contribution in [0.25, 0.3) is 0 Å². The van der Waals surface area contributed by atoms with Gasteiger partial charge in [-0.2, -0.15) is 0 Å². The van der Waals surface area contributed by atoms with Crippen molar-refractivity contribution < 1.29 is 19.1 Å². The molecule has 1 N–H and O–H groups in total. The van der Waals surface area contributed by atoms with Gasteiger partial charge in [-0.15, -0.1) is 11.6 Å². The Labute approximate surface area is 162 Å². The van der Waals surface area contributed by atoms with Crippen LogP contribution in [0.1, 0.15) is 38.5 Å². The monoisotopic (exact) mass is 400 g/mol. The second kappa shape index (κ2) is 7.70. The number of carbonyl (C=O) groups is 2. The van der Waals surface area contributed by atoms with Crippen LogP contribution in [0.4, 0.5) is 4.79 Å². The van der Waals surface area contributed by atoms with Gasteiger partial charge < -0.3 is 9.47 Å². The van der Waals surface area contributed by atoms with Gasteiger partial charge in [-0.05, 0) is 56.2 Å². The van der Waals surface area contributed by atoms with Crippen molar-refractivity contribution in [2.75, 3.05) is 13.7 Å². The Morgan fingerprint density at radius 2 is 2.15 bits per heavy atom. The molecule has 0 aromatic heterocycles. The number of carbonyl (C=O) groups excluding carboxylic acids is 2. The van der Waals surface area contributed by atoms with Gasteiger partial charge >= 0.3 is 5.30 Å². The number of ether oxygens (including phenoxy) is 2. The summed E-state index contributed by atoms with van der Waals surface area (Å²) in [4.78, 5) is 24.5. The molecule has 2 saturated carbocycles. The Morgan fingerprint density at radius 1 is 1.31 bits per heavy atom. The van der Waals surface area contributed by atoms with Gasteiger partial charge in [0.1, 0.15) is 6.10 Å². The van der Waals surface area contributed by atoms with E-state index >= 15 is 0 Å². The van der Waals surface area contributed by atoms with Gasteiger partial charge in [0.2, 0.25) is 0 Å². The summed E-state index contributed by atoms with van der Waals surface area (Å²) >= 11 is 7.55. The molecule has 26 heavy (non-hydrogen) atoms. The summed E-state index contributed by atoms with van der Waals surface area (Å²) in [7, 11) is 1.66. The number of thioether (sulfide) groups is 1. The van der Waals surface area contributed by atoms with Crippen LogP contribution in [0.3, 0.4) is 0 Å². The molecule has 8 heteroatoms. The normalized spacial score (nSPS) is 42.2. The highest BCUT2D eigenvalue weighted by Gasteiger charge is 2.46. The first kappa shape index (κ1) is 18.6. The van der Waals surface area contributed by atoms with Gasteiger partial charge in [0.25, 0.3) is 5.91 Å². The van der Waals surface area contributed by atoms with Crippen molar-refractivity contribution in [3.8, 4) is 0 Å². The van der Waals surface area contributed by atoms with Crippen molar-refractivity contribution in [3.05, 3.63) is 11.6 Å². The van der Waals surface area contributed by atoms with E-state index in [4.69, 9.17) is 21.1 Å². The summed E-state index contributed by atoms with van der Waals surface area (Å²) in [5, 5.41) is 1.84. The second-order valence-electron chi connectivity index (χ2n) is 7.61. The Morgan fingerprint density at radius 3 is 2.92 bits per heavy atom. The Hall–Kier alpha value is -0.760. The summed E-state index contributed by atoms with van der Waals surface area (Å²) in [5.74, 6) is 0.291. The van der Waals surface area contributed by atoms with E-state index in [2.05, 4.69) is 11.5 Å². The fourth-order valence-electron chi connectivity index (χ4n) is 4.62. The van der Waals surface area contributed by atoms with Crippen LogP contribution in [0.5, 0.6) is 0 Å². The van der Waals surface area contributed by atoms with Crippen LogP contribution < -0.4 is 5.43 Å². The van der Waals surface area contributed by atoms with Gasteiger partial charge in [-0.3, -0.25) is 9.80 Å². The van der Waals surface area contributed by atoms with Gasteiger partial charge in [0, 0.05) is 24.6 Å². The standard InChI is InChI=1S/C18H25ClN2O4S/c1-24-14-6-10(7-15-16(14)25-18(23)26-15)5-11-9-20-21(17(11)22)13-4-2-3-12(19)8-13/h5,10,12-16,20H,2-4,6-9H2,1H3/b11-5+. The highest BCUT2D eigenvalue weighted by Crippen LogP contribution is 2.42. The summed E-state index contributed by atoms with van der Waals surface area (Å²) in [6.45, 7) is 0.563. The SMILES string of the molecule is COC1CC(/C=C2\CNN(C3CCCC(Cl)C3)C2=O)CC2SC(=O)OC12. The number of fused-ring (bicyclic) bond motifs is 1. The lowest BCUT2D eigenvalue weighted by Gasteiger charge is -2.34. The van der Waals surface area contributed by atoms with Crippen LogP contribution in [0, 0.1) is 5.92 Å². The highest BCUT2D eigenvalue weighted by atomic mass is 35.5. The van der Waals surface area contributed by atoms with Crippen LogP contribution >= 0.6 is 23.4 Å². The maximum Gasteiger partial charge on any atom is 0.368 e. The molecular weight excluding hydrogens is 376 g/mol. The number of rotatable bonds is 3. The summed E-state index contributed by atoms with van der Waals surface area (Å²) in [6, 6.07) is 0.184. The molecular formula is C18H25ClN2O4S. The van der Waals surface area contributed by atoms with Crippen molar-refractivity contribution in [2.24, 2.45) is 5.92 Å². The molecule has 1 amide bonds. The van der Waals surface area contributed by atoms with Crippen molar-refractivity contribution in [3.63, 3.8) is 0 Å². The smallest absolute Gasteiger partial charge is 0.368 e. The zero-order chi connectivity index (χ0) is 18.3. The van der Waals surface area contributed by atoms with Crippen molar-refractivity contribution in [1.29, 1.82) is 0 Å². The number of amides is 1. The van der Waals surface area contributed by atoms with Crippen molar-refractivity contribution in [2.45, 2.75) is 67.4 Å². The average Bonchev–Trinajstić information content (AvgIpc) is 3.16. The number of hydrazine groups is 1. The topological polar surface area (TPSA) is 67.9 Å². The van der Waals surface area contributed by atoms with Crippen LogP contribution in [-0.4, -0.2) is 58.7 Å². The summed E-state index contributed by atoms with van der Waals surface area (Å²) in [5.41, 5.74) is 4.07. The zero-order valence-corrected chi connectivity index (χ0v) is 16.4. The molecule has 2 aliphatic carbocycles. The van der Waals surface area contributed by atoms with Gasteiger partial charge in [0.15, 0.2) is 0 Å². The number of methoxy groups -OCH3 is 1. The molecule has 0 radical (unpaired) electrons. The van der Waals surface area contributed by atoms with Gasteiger partial charge in [-0.1, -0.05) is 6.08 Å². The number of nitrogens with one attached hydrogen (secondary N) is 1. The van der Waals surface area contributed by atoms with E-state index in [0.29, 0.717) is 6.54 Å².